The van der Waals surface area contributed by atoms with Crippen LogP contribution in [-0.2, 0) is 0 Å². The zero-order chi connectivity index (χ0) is 15.1. The van der Waals surface area contributed by atoms with Gasteiger partial charge in [0, 0.05) is 25.0 Å². The van der Waals surface area contributed by atoms with Gasteiger partial charge in [0.05, 0.1) is 5.56 Å². The van der Waals surface area contributed by atoms with Gasteiger partial charge in [-0.1, -0.05) is 12.5 Å². The molecule has 2 aromatic rings. The molecule has 5 heteroatoms. The van der Waals surface area contributed by atoms with Crippen molar-refractivity contribution in [1.29, 1.82) is 0 Å². The second kappa shape index (κ2) is 5.39. The van der Waals surface area contributed by atoms with E-state index in [1.807, 2.05) is 18.2 Å². The van der Waals surface area contributed by atoms with E-state index in [4.69, 9.17) is 4.42 Å². The fourth-order valence-corrected chi connectivity index (χ4v) is 3.89. The number of piperidine rings is 2. The van der Waals surface area contributed by atoms with Crippen LogP contribution in [0.2, 0.25) is 0 Å². The third kappa shape index (κ3) is 2.50. The number of aromatic nitrogens is 1. The van der Waals surface area contributed by atoms with E-state index in [1.54, 1.807) is 6.92 Å². The summed E-state index contributed by atoms with van der Waals surface area (Å²) in [7, 11) is 0. The molecule has 4 rings (SSSR count). The summed E-state index contributed by atoms with van der Waals surface area (Å²) in [4.78, 5) is 17.0. The summed E-state index contributed by atoms with van der Waals surface area (Å²) in [6, 6.07) is 6.89. The SMILES string of the molecule is Cc1nc2c(C(=O)NC3CC4CCCC(C3)N4)cccc2o1. The number of carbonyl (C=O) groups is 1. The highest BCUT2D eigenvalue weighted by Gasteiger charge is 2.32. The third-order valence-corrected chi connectivity index (χ3v) is 4.82. The van der Waals surface area contributed by atoms with Gasteiger partial charge in [0.15, 0.2) is 11.5 Å². The van der Waals surface area contributed by atoms with E-state index in [-0.39, 0.29) is 11.9 Å². The quantitative estimate of drug-likeness (QED) is 0.894. The molecule has 1 aromatic heterocycles. The average molecular weight is 299 g/mol. The van der Waals surface area contributed by atoms with Crippen LogP contribution >= 0.6 is 0 Å². The van der Waals surface area contributed by atoms with Crippen molar-refractivity contribution in [3.8, 4) is 0 Å². The summed E-state index contributed by atoms with van der Waals surface area (Å²) in [6.07, 6.45) is 5.80. The lowest BCUT2D eigenvalue weighted by Gasteiger charge is -2.40. The Kier molecular flexibility index (Phi) is 3.37. The lowest BCUT2D eigenvalue weighted by Crippen LogP contribution is -2.54. The molecule has 3 heterocycles. The monoisotopic (exact) mass is 299 g/mol. The first-order valence-corrected chi connectivity index (χ1v) is 8.12. The highest BCUT2D eigenvalue weighted by Crippen LogP contribution is 2.26. The maximum Gasteiger partial charge on any atom is 0.253 e. The first-order chi connectivity index (χ1) is 10.7. The molecule has 2 unspecified atom stereocenters. The van der Waals surface area contributed by atoms with Gasteiger partial charge in [-0.25, -0.2) is 4.98 Å². The highest BCUT2D eigenvalue weighted by atomic mass is 16.3. The average Bonchev–Trinajstić information content (AvgIpc) is 2.86. The van der Waals surface area contributed by atoms with Gasteiger partial charge < -0.3 is 15.1 Å². The predicted octanol–water partition coefficient (Wildman–Crippen LogP) is 2.54. The zero-order valence-electron chi connectivity index (χ0n) is 12.8. The number of carbonyl (C=O) groups excluding carboxylic acids is 1. The van der Waals surface area contributed by atoms with Gasteiger partial charge >= 0.3 is 0 Å². The fraction of sp³-hybridized carbons (Fsp3) is 0.529. The number of hydrogen-bond donors (Lipinski definition) is 2. The smallest absolute Gasteiger partial charge is 0.253 e. The maximum atomic E-state index is 12.6. The Labute approximate surface area is 129 Å². The number of rotatable bonds is 2. The van der Waals surface area contributed by atoms with Crippen LogP contribution in [0.5, 0.6) is 0 Å². The summed E-state index contributed by atoms with van der Waals surface area (Å²) in [5, 5.41) is 6.85. The number of para-hydroxylation sites is 1. The standard InChI is InChI=1S/C17H21N3O2/c1-10-18-16-14(6-3-7-15(16)22-10)17(21)20-13-8-11-4-2-5-12(9-13)19-11/h3,6-7,11-13,19H,2,4-5,8-9H2,1H3,(H,20,21). The van der Waals surface area contributed by atoms with Gasteiger partial charge in [-0.05, 0) is 37.8 Å². The van der Waals surface area contributed by atoms with E-state index in [1.165, 1.54) is 19.3 Å². The van der Waals surface area contributed by atoms with Gasteiger partial charge in [0.25, 0.3) is 5.91 Å². The number of amides is 1. The van der Waals surface area contributed by atoms with Crippen LogP contribution in [0.3, 0.4) is 0 Å². The van der Waals surface area contributed by atoms with Crippen LogP contribution in [0.15, 0.2) is 22.6 Å². The van der Waals surface area contributed by atoms with Crippen LogP contribution in [0.4, 0.5) is 0 Å². The minimum atomic E-state index is -0.0381. The van der Waals surface area contributed by atoms with Gasteiger partial charge in [-0.3, -0.25) is 4.79 Å². The molecule has 22 heavy (non-hydrogen) atoms. The molecule has 2 aliphatic rings. The summed E-state index contributed by atoms with van der Waals surface area (Å²) in [5.74, 6) is 0.551. The molecule has 0 spiro atoms. The molecule has 2 fully saturated rings. The van der Waals surface area contributed by atoms with Crippen molar-refractivity contribution >= 4 is 17.0 Å². The molecule has 0 radical (unpaired) electrons. The first-order valence-electron chi connectivity index (χ1n) is 8.12. The number of nitrogens with one attached hydrogen (secondary N) is 2. The molecular weight excluding hydrogens is 278 g/mol. The lowest BCUT2D eigenvalue weighted by molar-refractivity contribution is 0.0908. The van der Waals surface area contributed by atoms with Crippen molar-refractivity contribution in [1.82, 2.24) is 15.6 Å². The highest BCUT2D eigenvalue weighted by molar-refractivity contribution is 6.04. The van der Waals surface area contributed by atoms with Crippen LogP contribution in [0.25, 0.3) is 11.1 Å². The molecule has 0 aliphatic carbocycles. The van der Waals surface area contributed by atoms with Gasteiger partial charge in [-0.2, -0.15) is 0 Å². The number of aryl methyl sites for hydroxylation is 1. The molecule has 2 atom stereocenters. The predicted molar refractivity (Wildman–Crippen MR) is 83.8 cm³/mol. The van der Waals surface area contributed by atoms with Crippen molar-refractivity contribution < 1.29 is 9.21 Å². The minimum absolute atomic E-state index is 0.0381. The molecule has 116 valence electrons. The summed E-state index contributed by atoms with van der Waals surface area (Å²) in [6.45, 7) is 1.80. The third-order valence-electron chi connectivity index (χ3n) is 4.82. The fourth-order valence-electron chi connectivity index (χ4n) is 3.89. The number of nitrogens with zero attached hydrogens (tertiary/aromatic N) is 1. The Morgan fingerprint density at radius 3 is 2.86 bits per heavy atom. The largest absolute Gasteiger partial charge is 0.441 e. The van der Waals surface area contributed by atoms with Crippen LogP contribution in [-0.4, -0.2) is 29.0 Å². The van der Waals surface area contributed by atoms with E-state index in [9.17, 15) is 4.79 Å². The van der Waals surface area contributed by atoms with Crippen molar-refractivity contribution in [2.24, 2.45) is 0 Å². The van der Waals surface area contributed by atoms with Gasteiger partial charge in [-0.15, -0.1) is 0 Å². The van der Waals surface area contributed by atoms with Crippen molar-refractivity contribution in [3.05, 3.63) is 29.7 Å². The Morgan fingerprint density at radius 1 is 1.32 bits per heavy atom. The molecular formula is C17H21N3O2. The summed E-state index contributed by atoms with van der Waals surface area (Å²) < 4.78 is 5.51. The minimum Gasteiger partial charge on any atom is -0.441 e. The molecule has 2 N–H and O–H groups in total. The van der Waals surface area contributed by atoms with Crippen molar-refractivity contribution in [3.63, 3.8) is 0 Å². The van der Waals surface area contributed by atoms with Crippen LogP contribution in [0.1, 0.15) is 48.4 Å². The first kappa shape index (κ1) is 13.8. The Bertz CT molecular complexity index is 697. The van der Waals surface area contributed by atoms with E-state index in [2.05, 4.69) is 15.6 Å². The molecule has 2 aliphatic heterocycles. The summed E-state index contributed by atoms with van der Waals surface area (Å²) in [5.41, 5.74) is 1.94. The maximum absolute atomic E-state index is 12.6. The number of benzene rings is 1. The Balaban J connectivity index is 1.54. The summed E-state index contributed by atoms with van der Waals surface area (Å²) >= 11 is 0. The Hall–Kier alpha value is -1.88. The van der Waals surface area contributed by atoms with Crippen molar-refractivity contribution in [2.45, 2.75) is 57.2 Å². The number of fused-ring (bicyclic) bond motifs is 3. The molecule has 2 bridgehead atoms. The Morgan fingerprint density at radius 2 is 2.09 bits per heavy atom. The van der Waals surface area contributed by atoms with Crippen molar-refractivity contribution in [2.75, 3.05) is 0 Å². The molecule has 1 aromatic carbocycles. The topological polar surface area (TPSA) is 67.2 Å². The van der Waals surface area contributed by atoms with Crippen LogP contribution < -0.4 is 10.6 Å². The second-order valence-corrected chi connectivity index (χ2v) is 6.52. The number of oxazole rings is 1. The molecule has 0 saturated carbocycles. The number of hydrogen-bond acceptors (Lipinski definition) is 4. The van der Waals surface area contributed by atoms with E-state index in [0.717, 1.165) is 12.8 Å². The van der Waals surface area contributed by atoms with E-state index < -0.39 is 0 Å². The lowest BCUT2D eigenvalue weighted by atomic mass is 9.84. The van der Waals surface area contributed by atoms with Gasteiger partial charge in [0.1, 0.15) is 5.52 Å². The second-order valence-electron chi connectivity index (χ2n) is 6.52. The normalized spacial score (nSPS) is 27.8. The van der Waals surface area contributed by atoms with E-state index in [0.29, 0.717) is 34.6 Å². The van der Waals surface area contributed by atoms with E-state index >= 15 is 0 Å². The van der Waals surface area contributed by atoms with Gasteiger partial charge in [0.2, 0.25) is 0 Å². The molecule has 1 amide bonds. The molecule has 5 nitrogen and oxygen atoms in total. The zero-order valence-corrected chi connectivity index (χ0v) is 12.8. The molecule has 2 saturated heterocycles. The van der Waals surface area contributed by atoms with Crippen LogP contribution in [0, 0.1) is 6.92 Å².